The molecule has 0 fully saturated rings. The Morgan fingerprint density at radius 1 is 0.846 bits per heavy atom. The van der Waals surface area contributed by atoms with Gasteiger partial charge in [0.25, 0.3) is 0 Å². The maximum absolute atomic E-state index is 10.3. The number of allylic oxidation sites excluding steroid dienone is 4. The van der Waals surface area contributed by atoms with E-state index >= 15 is 0 Å². The minimum atomic E-state index is -5.17. The van der Waals surface area contributed by atoms with Gasteiger partial charge in [0.15, 0.2) is 11.6 Å². The van der Waals surface area contributed by atoms with Gasteiger partial charge in [0.05, 0.1) is 0 Å². The van der Waals surface area contributed by atoms with Crippen molar-refractivity contribution in [1.29, 1.82) is 0 Å². The Morgan fingerprint density at radius 3 is 1.15 bits per heavy atom. The molecule has 0 heterocycles. The largest absolute Gasteiger partial charge is 0.759 e. The van der Waals surface area contributed by atoms with Gasteiger partial charge in [-0.15, -0.1) is 0 Å². The van der Waals surface area contributed by atoms with E-state index in [-0.39, 0.29) is 11.6 Å². The summed E-state index contributed by atoms with van der Waals surface area (Å²) >= 11 is 0. The molecule has 0 saturated heterocycles. The average molecular weight is 204 g/mol. The van der Waals surface area contributed by atoms with E-state index in [1.165, 1.54) is 24.3 Å². The molecule has 0 aromatic rings. The predicted molar refractivity (Wildman–Crippen MR) is 38.8 cm³/mol. The second-order valence-electron chi connectivity index (χ2n) is 1.88. The Labute approximate surface area is 74.1 Å². The van der Waals surface area contributed by atoms with E-state index in [0.29, 0.717) is 0 Å². The molecule has 0 N–H and O–H groups in total. The molecule has 0 unspecified atom stereocenters. The Balaban J connectivity index is 0.000000252. The van der Waals surface area contributed by atoms with Crippen LogP contribution in [0.2, 0.25) is 0 Å². The molecule has 0 aromatic carbocycles. The molecular formula is C6H4O6S-2. The molecule has 13 heavy (non-hydrogen) atoms. The van der Waals surface area contributed by atoms with Crippen LogP contribution in [-0.2, 0) is 20.0 Å². The fraction of sp³-hybridized carbons (Fsp3) is 0. The monoisotopic (exact) mass is 204 g/mol. The topological polar surface area (TPSA) is 114 Å². The van der Waals surface area contributed by atoms with Gasteiger partial charge in [0.1, 0.15) is 0 Å². The van der Waals surface area contributed by atoms with Crippen LogP contribution in [0.25, 0.3) is 0 Å². The van der Waals surface area contributed by atoms with E-state index in [4.69, 9.17) is 17.5 Å². The maximum Gasteiger partial charge on any atom is 0.178 e. The third-order valence-corrected chi connectivity index (χ3v) is 0.824. The first-order chi connectivity index (χ1) is 5.79. The Bertz CT molecular complexity index is 315. The number of rotatable bonds is 0. The quantitative estimate of drug-likeness (QED) is 0.281. The summed E-state index contributed by atoms with van der Waals surface area (Å²) in [7, 11) is -5.17. The molecule has 0 spiro atoms. The molecule has 1 aliphatic rings. The van der Waals surface area contributed by atoms with Crippen molar-refractivity contribution in [3.05, 3.63) is 24.3 Å². The zero-order valence-corrected chi connectivity index (χ0v) is 6.98. The van der Waals surface area contributed by atoms with Crippen LogP contribution in [0, 0.1) is 0 Å². The van der Waals surface area contributed by atoms with Gasteiger partial charge in [0.2, 0.25) is 0 Å². The van der Waals surface area contributed by atoms with E-state index in [1.807, 2.05) is 0 Å². The molecule has 0 aliphatic heterocycles. The summed E-state index contributed by atoms with van der Waals surface area (Å²) < 4.78 is 34.1. The highest BCUT2D eigenvalue weighted by Gasteiger charge is 1.97. The lowest BCUT2D eigenvalue weighted by molar-refractivity contribution is -0.113. The molecule has 7 heteroatoms. The maximum atomic E-state index is 10.3. The SMILES string of the molecule is O=C1C=CC(=O)C=C1.O=S(=O)([O-])[O-]. The van der Waals surface area contributed by atoms with Crippen LogP contribution < -0.4 is 0 Å². The van der Waals surface area contributed by atoms with Gasteiger partial charge >= 0.3 is 0 Å². The second kappa shape index (κ2) is 4.65. The predicted octanol–water partition coefficient (Wildman–Crippen LogP) is -1.09. The minimum absolute atomic E-state index is 0.121. The lowest BCUT2D eigenvalue weighted by atomic mass is 10.2. The van der Waals surface area contributed by atoms with Crippen LogP contribution in [0.1, 0.15) is 0 Å². The van der Waals surface area contributed by atoms with Crippen molar-refractivity contribution in [3.8, 4) is 0 Å². The summed E-state index contributed by atoms with van der Waals surface area (Å²) in [6, 6.07) is 0. The summed E-state index contributed by atoms with van der Waals surface area (Å²) in [6.07, 6.45) is 5.01. The fourth-order valence-electron chi connectivity index (χ4n) is 0.440. The summed E-state index contributed by atoms with van der Waals surface area (Å²) in [4.78, 5) is 20.6. The van der Waals surface area contributed by atoms with Crippen LogP contribution in [-0.4, -0.2) is 29.1 Å². The van der Waals surface area contributed by atoms with Gasteiger partial charge in [-0.1, -0.05) is 0 Å². The molecule has 0 radical (unpaired) electrons. The molecule has 72 valence electrons. The fourth-order valence-corrected chi connectivity index (χ4v) is 0.440. The van der Waals surface area contributed by atoms with E-state index in [1.54, 1.807) is 0 Å². The smallest absolute Gasteiger partial charge is 0.178 e. The zero-order chi connectivity index (χ0) is 10.5. The van der Waals surface area contributed by atoms with Crippen LogP contribution in [0.3, 0.4) is 0 Å². The van der Waals surface area contributed by atoms with E-state index < -0.39 is 10.4 Å². The van der Waals surface area contributed by atoms with Crippen LogP contribution in [0.5, 0.6) is 0 Å². The third-order valence-electron chi connectivity index (χ3n) is 0.824. The molecule has 0 amide bonds. The Kier molecular flexibility index (Phi) is 4.18. The highest BCUT2D eigenvalue weighted by Crippen LogP contribution is 1.90. The lowest BCUT2D eigenvalue weighted by Crippen LogP contribution is -1.97. The van der Waals surface area contributed by atoms with Crippen molar-refractivity contribution in [3.63, 3.8) is 0 Å². The molecule has 0 bridgehead atoms. The van der Waals surface area contributed by atoms with Crippen molar-refractivity contribution in [2.24, 2.45) is 0 Å². The zero-order valence-electron chi connectivity index (χ0n) is 6.17. The molecule has 1 rings (SSSR count). The van der Waals surface area contributed by atoms with Crippen molar-refractivity contribution in [2.45, 2.75) is 0 Å². The summed E-state index contributed by atoms with van der Waals surface area (Å²) in [5, 5.41) is 0. The highest BCUT2D eigenvalue weighted by molar-refractivity contribution is 7.79. The molecule has 1 aliphatic carbocycles. The first-order valence-electron chi connectivity index (χ1n) is 2.90. The van der Waals surface area contributed by atoms with E-state index in [9.17, 15) is 9.59 Å². The number of ketones is 2. The summed E-state index contributed by atoms with van der Waals surface area (Å²) in [5.74, 6) is -0.241. The lowest BCUT2D eigenvalue weighted by Gasteiger charge is -2.06. The van der Waals surface area contributed by atoms with Gasteiger partial charge in [-0.05, 0) is 24.3 Å². The molecule has 0 saturated carbocycles. The standard InChI is InChI=1S/C6H4O2.H2O4S/c7-5-1-2-6(8)4-3-5;1-5(2,3)4/h1-4H;(H2,1,2,3,4)/p-2. The van der Waals surface area contributed by atoms with E-state index in [2.05, 4.69) is 0 Å². The normalized spacial score (nSPS) is 15.2. The van der Waals surface area contributed by atoms with Crippen molar-refractivity contribution >= 4 is 22.0 Å². The first kappa shape index (κ1) is 11.7. The molecule has 6 nitrogen and oxygen atoms in total. The third kappa shape index (κ3) is 10.7. The molecular weight excluding hydrogens is 200 g/mol. The second-order valence-corrected chi connectivity index (χ2v) is 2.70. The number of hydrogen-bond donors (Lipinski definition) is 0. The van der Waals surface area contributed by atoms with Crippen LogP contribution >= 0.6 is 0 Å². The minimum Gasteiger partial charge on any atom is -0.759 e. The summed E-state index contributed by atoms with van der Waals surface area (Å²) in [6.45, 7) is 0. The van der Waals surface area contributed by atoms with Crippen molar-refractivity contribution in [2.75, 3.05) is 0 Å². The van der Waals surface area contributed by atoms with E-state index in [0.717, 1.165) is 0 Å². The Morgan fingerprint density at radius 2 is 1.00 bits per heavy atom. The van der Waals surface area contributed by atoms with Crippen LogP contribution in [0.4, 0.5) is 0 Å². The highest BCUT2D eigenvalue weighted by atomic mass is 32.3. The summed E-state index contributed by atoms with van der Waals surface area (Å²) in [5.41, 5.74) is 0. The van der Waals surface area contributed by atoms with Gasteiger partial charge < -0.3 is 9.11 Å². The van der Waals surface area contributed by atoms with Gasteiger partial charge in [-0.3, -0.25) is 18.0 Å². The van der Waals surface area contributed by atoms with Gasteiger partial charge in [-0.2, -0.15) is 0 Å². The Hall–Kier alpha value is -1.31. The first-order valence-corrected chi connectivity index (χ1v) is 4.23. The van der Waals surface area contributed by atoms with Crippen molar-refractivity contribution < 1.29 is 27.1 Å². The average Bonchev–Trinajstić information content (AvgIpc) is 1.92. The molecule has 0 aromatic heterocycles. The van der Waals surface area contributed by atoms with Crippen molar-refractivity contribution in [1.82, 2.24) is 0 Å². The van der Waals surface area contributed by atoms with Gasteiger partial charge in [-0.25, -0.2) is 0 Å². The van der Waals surface area contributed by atoms with Crippen LogP contribution in [0.15, 0.2) is 24.3 Å². The number of carbonyl (C=O) groups is 2. The van der Waals surface area contributed by atoms with Gasteiger partial charge in [0, 0.05) is 10.4 Å². The number of hydrogen-bond acceptors (Lipinski definition) is 6. The number of carbonyl (C=O) groups excluding carboxylic acids is 2. The molecule has 0 atom stereocenters.